The van der Waals surface area contributed by atoms with Crippen molar-refractivity contribution in [2.24, 2.45) is 5.41 Å². The molecule has 1 N–H and O–H groups in total. The van der Waals surface area contributed by atoms with E-state index in [1.54, 1.807) is 35.2 Å². The fraction of sp³-hybridized carbons (Fsp3) is 0.421. The Labute approximate surface area is 146 Å². The van der Waals surface area contributed by atoms with Crippen LogP contribution in [0.1, 0.15) is 30.1 Å². The number of aliphatic hydroxyl groups excluding tert-OH is 1. The molecule has 1 aromatic rings. The molecule has 3 unspecified atom stereocenters. The Hall–Kier alpha value is -2.31. The number of ether oxygens (including phenoxy) is 1. The predicted molar refractivity (Wildman–Crippen MR) is 89.7 cm³/mol. The predicted octanol–water partition coefficient (Wildman–Crippen LogP) is 1.34. The average molecular weight is 343 g/mol. The number of ketones is 3. The van der Waals surface area contributed by atoms with Crippen molar-refractivity contribution in [3.05, 3.63) is 47.7 Å². The van der Waals surface area contributed by atoms with Crippen molar-refractivity contribution in [1.82, 2.24) is 4.90 Å². The lowest BCUT2D eigenvalue weighted by atomic mass is 9.72. The summed E-state index contributed by atoms with van der Waals surface area (Å²) in [6.45, 7) is 1.88. The summed E-state index contributed by atoms with van der Waals surface area (Å²) in [6, 6.07) is 8.50. The van der Waals surface area contributed by atoms with Gasteiger partial charge >= 0.3 is 0 Å². The highest BCUT2D eigenvalue weighted by Gasteiger charge is 2.51. The number of hydrogen-bond donors (Lipinski definition) is 1. The molecule has 0 bridgehead atoms. The molecular weight excluding hydrogens is 322 g/mol. The number of aliphatic hydroxyl groups is 1. The van der Waals surface area contributed by atoms with Gasteiger partial charge in [0.1, 0.15) is 0 Å². The third-order valence-corrected chi connectivity index (χ3v) is 5.06. The molecule has 0 radical (unpaired) electrons. The highest BCUT2D eigenvalue weighted by Crippen LogP contribution is 2.46. The van der Waals surface area contributed by atoms with E-state index in [1.165, 1.54) is 7.11 Å². The minimum atomic E-state index is -1.21. The molecule has 6 nitrogen and oxygen atoms in total. The fourth-order valence-electron chi connectivity index (χ4n) is 3.70. The molecule has 1 saturated carbocycles. The average Bonchev–Trinajstić information content (AvgIpc) is 2.87. The topological polar surface area (TPSA) is 83.9 Å². The van der Waals surface area contributed by atoms with Crippen LogP contribution in [0.25, 0.3) is 0 Å². The largest absolute Gasteiger partial charge is 0.363 e. The fourth-order valence-corrected chi connectivity index (χ4v) is 3.70. The van der Waals surface area contributed by atoms with E-state index in [4.69, 9.17) is 4.74 Å². The van der Waals surface area contributed by atoms with Crippen molar-refractivity contribution in [2.45, 2.75) is 32.1 Å². The van der Waals surface area contributed by atoms with Crippen LogP contribution in [0, 0.1) is 5.41 Å². The van der Waals surface area contributed by atoms with E-state index in [2.05, 4.69) is 0 Å². The number of rotatable bonds is 5. The summed E-state index contributed by atoms with van der Waals surface area (Å²) in [6.07, 6.45) is 0.672. The van der Waals surface area contributed by atoms with Crippen molar-refractivity contribution in [2.75, 3.05) is 13.7 Å². The maximum atomic E-state index is 12.6. The Bertz CT molecular complexity index is 741. The van der Waals surface area contributed by atoms with Crippen LogP contribution in [0.4, 0.5) is 0 Å². The number of hydrogen-bond acceptors (Lipinski definition) is 6. The molecule has 0 spiro atoms. The monoisotopic (exact) mass is 343 g/mol. The number of nitrogens with zero attached hydrogens (tertiary/aromatic N) is 1. The van der Waals surface area contributed by atoms with Gasteiger partial charge in [0.15, 0.2) is 23.6 Å². The minimum Gasteiger partial charge on any atom is -0.363 e. The quantitative estimate of drug-likeness (QED) is 0.493. The second-order valence-corrected chi connectivity index (χ2v) is 6.82. The van der Waals surface area contributed by atoms with Crippen molar-refractivity contribution < 1.29 is 24.2 Å². The van der Waals surface area contributed by atoms with Crippen molar-refractivity contribution in [1.29, 1.82) is 0 Å². The Morgan fingerprint density at radius 3 is 2.64 bits per heavy atom. The summed E-state index contributed by atoms with van der Waals surface area (Å²) in [5, 5.41) is 10.2. The summed E-state index contributed by atoms with van der Waals surface area (Å²) in [7, 11) is 1.36. The first-order valence-electron chi connectivity index (χ1n) is 8.20. The highest BCUT2D eigenvalue weighted by molar-refractivity contribution is 6.38. The molecule has 1 fully saturated rings. The number of carbonyl (C=O) groups is 3. The summed E-state index contributed by atoms with van der Waals surface area (Å²) >= 11 is 0. The summed E-state index contributed by atoms with van der Waals surface area (Å²) < 4.78 is 5.02. The van der Waals surface area contributed by atoms with Gasteiger partial charge in [-0.2, -0.15) is 0 Å². The normalized spacial score (nSPS) is 27.1. The zero-order chi connectivity index (χ0) is 18.2. The van der Waals surface area contributed by atoms with Gasteiger partial charge in [0.25, 0.3) is 0 Å². The van der Waals surface area contributed by atoms with Crippen LogP contribution in [0.3, 0.4) is 0 Å². The van der Waals surface area contributed by atoms with Crippen LogP contribution < -0.4 is 0 Å². The van der Waals surface area contributed by atoms with E-state index in [-0.39, 0.29) is 31.2 Å². The molecule has 6 heteroatoms. The van der Waals surface area contributed by atoms with E-state index in [0.717, 1.165) is 0 Å². The molecule has 0 saturated heterocycles. The van der Waals surface area contributed by atoms with Crippen LogP contribution in [0.5, 0.6) is 0 Å². The lowest BCUT2D eigenvalue weighted by Gasteiger charge is -2.39. The maximum Gasteiger partial charge on any atom is 0.200 e. The van der Waals surface area contributed by atoms with E-state index in [0.29, 0.717) is 11.3 Å². The SMILES string of the molecule is COC(O)C1=CC2(C)CC(=O)C(=O)CC2N1CC(=O)c1ccccc1. The number of methoxy groups -OCH3 is 1. The van der Waals surface area contributed by atoms with E-state index < -0.39 is 23.3 Å². The van der Waals surface area contributed by atoms with E-state index in [1.807, 2.05) is 13.0 Å². The molecule has 2 aliphatic rings. The zero-order valence-electron chi connectivity index (χ0n) is 14.3. The van der Waals surface area contributed by atoms with Crippen molar-refractivity contribution >= 4 is 17.3 Å². The van der Waals surface area contributed by atoms with Gasteiger partial charge < -0.3 is 14.7 Å². The van der Waals surface area contributed by atoms with Gasteiger partial charge in [-0.25, -0.2) is 0 Å². The van der Waals surface area contributed by atoms with Crippen LogP contribution in [0.15, 0.2) is 42.1 Å². The third kappa shape index (κ3) is 3.15. The second-order valence-electron chi connectivity index (χ2n) is 6.82. The van der Waals surface area contributed by atoms with E-state index >= 15 is 0 Å². The molecule has 1 aromatic carbocycles. The highest BCUT2D eigenvalue weighted by atomic mass is 16.6. The third-order valence-electron chi connectivity index (χ3n) is 5.06. The van der Waals surface area contributed by atoms with Crippen LogP contribution in [-0.4, -0.2) is 53.3 Å². The Morgan fingerprint density at radius 1 is 1.32 bits per heavy atom. The summed E-state index contributed by atoms with van der Waals surface area (Å²) in [5.41, 5.74) is 0.388. The number of carbonyl (C=O) groups excluding carboxylic acids is 3. The van der Waals surface area contributed by atoms with Crippen molar-refractivity contribution in [3.8, 4) is 0 Å². The van der Waals surface area contributed by atoms with Crippen LogP contribution in [0.2, 0.25) is 0 Å². The summed E-state index contributed by atoms with van der Waals surface area (Å²) in [4.78, 5) is 38.2. The van der Waals surface area contributed by atoms with Gasteiger partial charge in [0.05, 0.1) is 12.2 Å². The van der Waals surface area contributed by atoms with Gasteiger partial charge in [-0.15, -0.1) is 0 Å². The molecule has 3 atom stereocenters. The molecule has 0 amide bonds. The molecule has 1 heterocycles. The number of benzene rings is 1. The standard InChI is InChI=1S/C19H21NO5/c1-19-9-13(18(24)25-2)20(17(19)8-14(21)15(22)10-19)11-16(23)12-6-4-3-5-7-12/h3-7,9,17-18,24H,8,10-11H2,1-2H3. The lowest BCUT2D eigenvalue weighted by molar-refractivity contribution is -0.141. The molecule has 25 heavy (non-hydrogen) atoms. The Kier molecular flexibility index (Phi) is 4.58. The van der Waals surface area contributed by atoms with Crippen LogP contribution in [-0.2, 0) is 14.3 Å². The molecule has 1 aliphatic carbocycles. The van der Waals surface area contributed by atoms with E-state index in [9.17, 15) is 19.5 Å². The van der Waals surface area contributed by atoms with Crippen molar-refractivity contribution in [3.63, 3.8) is 0 Å². The molecule has 3 rings (SSSR count). The first-order chi connectivity index (χ1) is 11.9. The lowest BCUT2D eigenvalue weighted by Crippen LogP contribution is -2.49. The van der Waals surface area contributed by atoms with Gasteiger partial charge in [-0.05, 0) is 0 Å². The molecule has 0 aromatic heterocycles. The maximum absolute atomic E-state index is 12.6. The first kappa shape index (κ1) is 17.5. The summed E-state index contributed by atoms with van der Waals surface area (Å²) in [5.74, 6) is -0.956. The Balaban J connectivity index is 1.92. The molecular formula is C19H21NO5. The van der Waals surface area contributed by atoms with Gasteiger partial charge in [0, 0.05) is 37.0 Å². The minimum absolute atomic E-state index is 0.0119. The van der Waals surface area contributed by atoms with Crippen LogP contribution >= 0.6 is 0 Å². The Morgan fingerprint density at radius 2 is 2.00 bits per heavy atom. The van der Waals surface area contributed by atoms with Gasteiger partial charge in [-0.1, -0.05) is 43.3 Å². The molecule has 132 valence electrons. The van der Waals surface area contributed by atoms with Gasteiger partial charge in [0.2, 0.25) is 0 Å². The number of Topliss-reactive ketones (excluding diaryl/α,β-unsaturated/α-hetero) is 3. The van der Waals surface area contributed by atoms with Gasteiger partial charge in [-0.3, -0.25) is 14.4 Å². The molecule has 1 aliphatic heterocycles. The zero-order valence-corrected chi connectivity index (χ0v) is 14.3. The first-order valence-corrected chi connectivity index (χ1v) is 8.20. The second kappa shape index (κ2) is 6.54. The smallest absolute Gasteiger partial charge is 0.200 e. The number of fused-ring (bicyclic) bond motifs is 1.